The van der Waals surface area contributed by atoms with Gasteiger partial charge in [-0.1, -0.05) is 60.7 Å². The minimum Gasteiger partial charge on any atom is -0.454 e. The molecule has 0 bridgehead atoms. The lowest BCUT2D eigenvalue weighted by atomic mass is 9.92. The number of nitrogens with zero attached hydrogens (tertiary/aromatic N) is 1. The summed E-state index contributed by atoms with van der Waals surface area (Å²) in [6, 6.07) is 24.0. The molecule has 5 rings (SSSR count). The molecular weight excluding hydrogens is 416 g/mol. The number of nitrogens with one attached hydrogen (secondary N) is 1. The molecule has 0 saturated carbocycles. The molecule has 0 spiro atoms. The fraction of sp³-hybridized carbons (Fsp3) is 0.222. The van der Waals surface area contributed by atoms with Crippen LogP contribution >= 0.6 is 0 Å². The normalized spacial score (nSPS) is 20.3. The monoisotopic (exact) mass is 440 g/mol. The van der Waals surface area contributed by atoms with Crippen LogP contribution in [-0.4, -0.2) is 35.8 Å². The first-order valence-electron chi connectivity index (χ1n) is 11.1. The van der Waals surface area contributed by atoms with Crippen molar-refractivity contribution in [1.82, 2.24) is 10.2 Å². The summed E-state index contributed by atoms with van der Waals surface area (Å²) in [5.41, 5.74) is 3.64. The Morgan fingerprint density at radius 1 is 0.879 bits per heavy atom. The number of hydrogen-bond acceptors (Lipinski definition) is 4. The van der Waals surface area contributed by atoms with E-state index in [1.54, 1.807) is 23.1 Å². The van der Waals surface area contributed by atoms with Gasteiger partial charge in [-0.05, 0) is 34.9 Å². The van der Waals surface area contributed by atoms with Crippen LogP contribution in [0.2, 0.25) is 0 Å². The van der Waals surface area contributed by atoms with Crippen molar-refractivity contribution >= 4 is 17.8 Å². The third-order valence-corrected chi connectivity index (χ3v) is 6.27. The largest absolute Gasteiger partial charge is 0.454 e. The second-order valence-corrected chi connectivity index (χ2v) is 8.36. The van der Waals surface area contributed by atoms with E-state index < -0.39 is 0 Å². The van der Waals surface area contributed by atoms with Gasteiger partial charge in [-0.15, -0.1) is 0 Å². The number of esters is 1. The van der Waals surface area contributed by atoms with Crippen LogP contribution in [0.5, 0.6) is 0 Å². The van der Waals surface area contributed by atoms with Crippen molar-refractivity contribution in [2.45, 2.75) is 25.0 Å². The highest BCUT2D eigenvalue weighted by molar-refractivity contribution is 5.98. The van der Waals surface area contributed by atoms with Crippen molar-refractivity contribution in [2.24, 2.45) is 0 Å². The Hall–Kier alpha value is -3.93. The van der Waals surface area contributed by atoms with Crippen LogP contribution in [-0.2, 0) is 16.0 Å². The van der Waals surface area contributed by atoms with Crippen LogP contribution in [0, 0.1) is 0 Å². The molecule has 2 amide bonds. The van der Waals surface area contributed by atoms with Crippen molar-refractivity contribution in [3.8, 4) is 0 Å². The van der Waals surface area contributed by atoms with Gasteiger partial charge >= 0.3 is 5.97 Å². The predicted molar refractivity (Wildman–Crippen MR) is 123 cm³/mol. The number of carbonyl (C=O) groups is 3. The van der Waals surface area contributed by atoms with E-state index in [4.69, 9.17) is 4.74 Å². The highest BCUT2D eigenvalue weighted by atomic mass is 16.5. The molecule has 2 aliphatic heterocycles. The quantitative estimate of drug-likeness (QED) is 0.628. The lowest BCUT2D eigenvalue weighted by Crippen LogP contribution is -2.36. The number of hydrogen-bond donors (Lipinski definition) is 1. The van der Waals surface area contributed by atoms with Crippen molar-refractivity contribution < 1.29 is 19.1 Å². The van der Waals surface area contributed by atoms with E-state index in [2.05, 4.69) is 5.32 Å². The minimum atomic E-state index is -0.381. The first kappa shape index (κ1) is 20.9. The maximum atomic E-state index is 13.6. The second-order valence-electron chi connectivity index (χ2n) is 8.36. The van der Waals surface area contributed by atoms with Gasteiger partial charge in [0.2, 0.25) is 5.91 Å². The number of rotatable bonds is 3. The summed E-state index contributed by atoms with van der Waals surface area (Å²) in [6.07, 6.45) is 0.339. The average molecular weight is 440 g/mol. The number of ether oxygens (including phenoxy) is 1. The molecule has 0 aliphatic carbocycles. The Labute approximate surface area is 192 Å². The van der Waals surface area contributed by atoms with Gasteiger partial charge in [0.1, 0.15) is 6.10 Å². The minimum absolute atomic E-state index is 0.0713. The van der Waals surface area contributed by atoms with Crippen molar-refractivity contribution in [3.63, 3.8) is 0 Å². The van der Waals surface area contributed by atoms with Crippen LogP contribution in [0.4, 0.5) is 0 Å². The molecule has 3 aromatic rings. The van der Waals surface area contributed by atoms with Crippen LogP contribution in [0.15, 0.2) is 78.9 Å². The topological polar surface area (TPSA) is 75.7 Å². The van der Waals surface area contributed by atoms with Gasteiger partial charge in [-0.2, -0.15) is 0 Å². The van der Waals surface area contributed by atoms with Crippen LogP contribution < -0.4 is 5.32 Å². The summed E-state index contributed by atoms with van der Waals surface area (Å²) in [5.74, 6) is -0.604. The molecule has 33 heavy (non-hydrogen) atoms. The Morgan fingerprint density at radius 3 is 2.30 bits per heavy atom. The third kappa shape index (κ3) is 4.24. The first-order chi connectivity index (χ1) is 16.1. The Kier molecular flexibility index (Phi) is 5.65. The molecule has 6 heteroatoms. The number of benzene rings is 3. The fourth-order valence-electron chi connectivity index (χ4n) is 4.59. The maximum Gasteiger partial charge on any atom is 0.339 e. The molecule has 2 unspecified atom stereocenters. The van der Waals surface area contributed by atoms with Crippen LogP contribution in [0.1, 0.15) is 56.0 Å². The standard InChI is InChI=1S/C27H24N2O4/c30-25-17-23(18-7-3-1-4-8-18)29(14-13-28-25)26(31)20-11-12-22-21(15-20)16-24(33-27(22)32)19-9-5-2-6-10-19/h1-12,15,23-24H,13-14,16-17H2,(H,28,30). The SMILES string of the molecule is O=C1CC(c2ccccc2)N(C(=O)c2ccc3c(c2)CC(c2ccccc2)OC3=O)CCN1. The highest BCUT2D eigenvalue weighted by Gasteiger charge is 2.32. The molecule has 3 aromatic carbocycles. The molecule has 0 radical (unpaired) electrons. The summed E-state index contributed by atoms with van der Waals surface area (Å²) >= 11 is 0. The number of amides is 2. The number of carbonyl (C=O) groups excluding carboxylic acids is 3. The van der Waals surface area contributed by atoms with Crippen LogP contribution in [0.3, 0.4) is 0 Å². The summed E-state index contributed by atoms with van der Waals surface area (Å²) in [4.78, 5) is 40.3. The van der Waals surface area contributed by atoms with Crippen molar-refractivity contribution in [2.75, 3.05) is 13.1 Å². The smallest absolute Gasteiger partial charge is 0.339 e. The number of cyclic esters (lactones) is 1. The van der Waals surface area contributed by atoms with Crippen LogP contribution in [0.25, 0.3) is 0 Å². The third-order valence-electron chi connectivity index (χ3n) is 6.27. The molecular formula is C27H24N2O4. The number of fused-ring (bicyclic) bond motifs is 1. The van der Waals surface area contributed by atoms with Gasteiger partial charge < -0.3 is 15.0 Å². The Morgan fingerprint density at radius 2 is 1.58 bits per heavy atom. The molecule has 1 fully saturated rings. The molecule has 0 aromatic heterocycles. The average Bonchev–Trinajstić information content (AvgIpc) is 3.05. The zero-order chi connectivity index (χ0) is 22.8. The van der Waals surface area contributed by atoms with Gasteiger partial charge in [-0.3, -0.25) is 9.59 Å². The van der Waals surface area contributed by atoms with Gasteiger partial charge in [0.25, 0.3) is 5.91 Å². The van der Waals surface area contributed by atoms with E-state index in [1.807, 2.05) is 60.7 Å². The van der Waals surface area contributed by atoms with E-state index in [0.717, 1.165) is 16.7 Å². The second kappa shape index (κ2) is 8.90. The molecule has 1 saturated heterocycles. The summed E-state index contributed by atoms with van der Waals surface area (Å²) in [5, 5.41) is 2.87. The molecule has 2 aliphatic rings. The summed E-state index contributed by atoms with van der Waals surface area (Å²) in [6.45, 7) is 0.817. The highest BCUT2D eigenvalue weighted by Crippen LogP contribution is 2.32. The van der Waals surface area contributed by atoms with E-state index >= 15 is 0 Å². The van der Waals surface area contributed by atoms with E-state index in [9.17, 15) is 14.4 Å². The van der Waals surface area contributed by atoms with Crippen molar-refractivity contribution in [1.29, 1.82) is 0 Å². The van der Waals surface area contributed by atoms with Gasteiger partial charge in [0.15, 0.2) is 0 Å². The molecule has 6 nitrogen and oxygen atoms in total. The summed E-state index contributed by atoms with van der Waals surface area (Å²) < 4.78 is 5.64. The van der Waals surface area contributed by atoms with E-state index in [-0.39, 0.29) is 36.4 Å². The zero-order valence-electron chi connectivity index (χ0n) is 18.1. The maximum absolute atomic E-state index is 13.6. The molecule has 2 atom stereocenters. The Balaban J connectivity index is 1.46. The van der Waals surface area contributed by atoms with Gasteiger partial charge in [0, 0.05) is 25.1 Å². The van der Waals surface area contributed by atoms with Gasteiger partial charge in [-0.25, -0.2) is 4.79 Å². The Bertz CT molecular complexity index is 1190. The molecule has 1 N–H and O–H groups in total. The van der Waals surface area contributed by atoms with Gasteiger partial charge in [0.05, 0.1) is 18.0 Å². The lowest BCUT2D eigenvalue weighted by Gasteiger charge is -2.30. The zero-order valence-corrected chi connectivity index (χ0v) is 18.1. The van der Waals surface area contributed by atoms with E-state index in [0.29, 0.717) is 30.6 Å². The lowest BCUT2D eigenvalue weighted by molar-refractivity contribution is -0.121. The molecule has 166 valence electrons. The van der Waals surface area contributed by atoms with Crippen molar-refractivity contribution in [3.05, 3.63) is 107 Å². The summed E-state index contributed by atoms with van der Waals surface area (Å²) in [7, 11) is 0. The first-order valence-corrected chi connectivity index (χ1v) is 11.1. The predicted octanol–water partition coefficient (Wildman–Crippen LogP) is 3.84. The fourth-order valence-corrected chi connectivity index (χ4v) is 4.59. The van der Waals surface area contributed by atoms with E-state index in [1.165, 1.54) is 0 Å². The molecule has 2 heterocycles.